The summed E-state index contributed by atoms with van der Waals surface area (Å²) in [4.78, 5) is 7.32. The molecule has 154 valence electrons. The van der Waals surface area contributed by atoms with Crippen LogP contribution >= 0.6 is 0 Å². The van der Waals surface area contributed by atoms with Gasteiger partial charge in [0.2, 0.25) is 0 Å². The second kappa shape index (κ2) is 10.1. The first-order valence-corrected chi connectivity index (χ1v) is 10.2. The maximum Gasteiger partial charge on any atom is 0.191 e. The summed E-state index contributed by atoms with van der Waals surface area (Å²) in [7, 11) is 0. The van der Waals surface area contributed by atoms with Crippen LogP contribution in [0.4, 0.5) is 0 Å². The Bertz CT molecular complexity index is 604. The standard InChI is InChI=1S/C20H38N6O/c1-7-21-19(23-15-20(5,6)25-8-10-27-11-9-25)22-13-16(2)14-26-18(4)12-17(3)24-26/h12,16H,7-11,13-15H2,1-6H3,(H2,21,22,23). The summed E-state index contributed by atoms with van der Waals surface area (Å²) in [6.07, 6.45) is 0. The van der Waals surface area contributed by atoms with Crippen LogP contribution in [0.3, 0.4) is 0 Å². The predicted molar refractivity (Wildman–Crippen MR) is 111 cm³/mol. The fourth-order valence-corrected chi connectivity index (χ4v) is 3.37. The van der Waals surface area contributed by atoms with E-state index in [2.05, 4.69) is 66.0 Å². The highest BCUT2D eigenvalue weighted by Gasteiger charge is 2.28. The Labute approximate surface area is 164 Å². The van der Waals surface area contributed by atoms with Crippen molar-refractivity contribution in [3.63, 3.8) is 0 Å². The van der Waals surface area contributed by atoms with Crippen molar-refractivity contribution in [2.24, 2.45) is 10.9 Å². The number of rotatable bonds is 8. The van der Waals surface area contributed by atoms with Crippen LogP contribution in [-0.4, -0.2) is 72.1 Å². The van der Waals surface area contributed by atoms with Gasteiger partial charge in [-0.2, -0.15) is 5.10 Å². The van der Waals surface area contributed by atoms with Gasteiger partial charge < -0.3 is 15.4 Å². The number of morpholine rings is 1. The summed E-state index contributed by atoms with van der Waals surface area (Å²) in [6.45, 7) is 20.0. The monoisotopic (exact) mass is 378 g/mol. The van der Waals surface area contributed by atoms with Gasteiger partial charge in [0.05, 0.1) is 25.5 Å². The minimum atomic E-state index is 0.0292. The van der Waals surface area contributed by atoms with E-state index in [4.69, 9.17) is 9.73 Å². The molecular weight excluding hydrogens is 340 g/mol. The first-order chi connectivity index (χ1) is 12.8. The molecule has 0 saturated carbocycles. The van der Waals surface area contributed by atoms with Crippen molar-refractivity contribution in [1.29, 1.82) is 0 Å². The minimum Gasteiger partial charge on any atom is -0.379 e. The van der Waals surface area contributed by atoms with Gasteiger partial charge in [-0.25, -0.2) is 0 Å². The van der Waals surface area contributed by atoms with Gasteiger partial charge in [0, 0.05) is 44.0 Å². The van der Waals surface area contributed by atoms with Crippen molar-refractivity contribution in [2.75, 3.05) is 45.9 Å². The lowest BCUT2D eigenvalue weighted by molar-refractivity contribution is -0.00683. The number of aliphatic imine (C=N–C) groups is 1. The highest BCUT2D eigenvalue weighted by atomic mass is 16.5. The van der Waals surface area contributed by atoms with Crippen LogP contribution in [0, 0.1) is 19.8 Å². The van der Waals surface area contributed by atoms with Crippen molar-refractivity contribution in [1.82, 2.24) is 25.3 Å². The maximum absolute atomic E-state index is 5.47. The molecule has 1 unspecified atom stereocenters. The molecule has 0 aliphatic carbocycles. The average molecular weight is 379 g/mol. The largest absolute Gasteiger partial charge is 0.379 e. The molecule has 1 fully saturated rings. The molecule has 0 bridgehead atoms. The summed E-state index contributed by atoms with van der Waals surface area (Å²) in [5.41, 5.74) is 2.32. The molecule has 2 heterocycles. The molecule has 1 atom stereocenters. The molecule has 1 aliphatic heterocycles. The van der Waals surface area contributed by atoms with Gasteiger partial charge in [-0.05, 0) is 46.6 Å². The number of aryl methyl sites for hydroxylation is 2. The molecule has 0 radical (unpaired) electrons. The van der Waals surface area contributed by atoms with Gasteiger partial charge in [0.25, 0.3) is 0 Å². The topological polar surface area (TPSA) is 66.7 Å². The highest BCUT2D eigenvalue weighted by Crippen LogP contribution is 2.16. The average Bonchev–Trinajstić information content (AvgIpc) is 2.95. The first-order valence-electron chi connectivity index (χ1n) is 10.2. The fourth-order valence-electron chi connectivity index (χ4n) is 3.37. The number of guanidine groups is 1. The summed E-state index contributed by atoms with van der Waals surface area (Å²) in [6, 6.07) is 2.12. The summed E-state index contributed by atoms with van der Waals surface area (Å²) >= 11 is 0. The van der Waals surface area contributed by atoms with Crippen LogP contribution in [-0.2, 0) is 11.3 Å². The number of hydrogen-bond acceptors (Lipinski definition) is 4. The van der Waals surface area contributed by atoms with Crippen LogP contribution in [0.5, 0.6) is 0 Å². The zero-order valence-corrected chi connectivity index (χ0v) is 18.0. The van der Waals surface area contributed by atoms with Crippen molar-refractivity contribution in [3.05, 3.63) is 17.5 Å². The third kappa shape index (κ3) is 6.81. The SMILES string of the molecule is CCNC(=NCC(C)(C)N1CCOCC1)NCC(C)Cn1nc(C)cc1C. The molecule has 2 N–H and O–H groups in total. The Morgan fingerprint density at radius 3 is 2.59 bits per heavy atom. The highest BCUT2D eigenvalue weighted by molar-refractivity contribution is 5.79. The second-order valence-corrected chi connectivity index (χ2v) is 8.20. The van der Waals surface area contributed by atoms with Crippen LogP contribution in [0.25, 0.3) is 0 Å². The van der Waals surface area contributed by atoms with E-state index in [1.54, 1.807) is 0 Å². The van der Waals surface area contributed by atoms with Gasteiger partial charge in [-0.15, -0.1) is 0 Å². The van der Waals surface area contributed by atoms with Gasteiger partial charge in [0.1, 0.15) is 0 Å². The van der Waals surface area contributed by atoms with Gasteiger partial charge in [0.15, 0.2) is 5.96 Å². The Morgan fingerprint density at radius 1 is 1.30 bits per heavy atom. The van der Waals surface area contributed by atoms with E-state index in [1.165, 1.54) is 5.69 Å². The van der Waals surface area contributed by atoms with E-state index in [0.717, 1.165) is 64.1 Å². The fraction of sp³-hybridized carbons (Fsp3) is 0.800. The van der Waals surface area contributed by atoms with Gasteiger partial charge >= 0.3 is 0 Å². The first kappa shape index (κ1) is 21.7. The number of ether oxygens (including phenoxy) is 1. The number of nitrogens with zero attached hydrogens (tertiary/aromatic N) is 4. The van der Waals surface area contributed by atoms with E-state index >= 15 is 0 Å². The Morgan fingerprint density at radius 2 is 2.00 bits per heavy atom. The molecule has 7 nitrogen and oxygen atoms in total. The second-order valence-electron chi connectivity index (χ2n) is 8.20. The zero-order valence-electron chi connectivity index (χ0n) is 18.0. The molecule has 0 spiro atoms. The molecule has 1 aromatic rings. The maximum atomic E-state index is 5.47. The van der Waals surface area contributed by atoms with E-state index in [9.17, 15) is 0 Å². The predicted octanol–water partition coefficient (Wildman–Crippen LogP) is 1.80. The molecule has 0 amide bonds. The molecule has 27 heavy (non-hydrogen) atoms. The molecule has 2 rings (SSSR count). The van der Waals surface area contributed by atoms with Crippen molar-refractivity contribution >= 4 is 5.96 Å². The van der Waals surface area contributed by atoms with E-state index in [-0.39, 0.29) is 5.54 Å². The van der Waals surface area contributed by atoms with Crippen LogP contribution < -0.4 is 10.6 Å². The van der Waals surface area contributed by atoms with E-state index in [0.29, 0.717) is 5.92 Å². The van der Waals surface area contributed by atoms with E-state index < -0.39 is 0 Å². The van der Waals surface area contributed by atoms with Crippen LogP contribution in [0.2, 0.25) is 0 Å². The molecule has 1 saturated heterocycles. The Hall–Kier alpha value is -1.60. The normalized spacial score (nSPS) is 17.8. The number of aromatic nitrogens is 2. The molecular formula is C20H38N6O. The molecule has 7 heteroatoms. The Balaban J connectivity index is 1.87. The summed E-state index contributed by atoms with van der Waals surface area (Å²) in [5.74, 6) is 1.35. The quantitative estimate of drug-likeness (QED) is 0.533. The van der Waals surface area contributed by atoms with Crippen molar-refractivity contribution < 1.29 is 4.74 Å². The summed E-state index contributed by atoms with van der Waals surface area (Å²) < 4.78 is 7.56. The molecule has 1 aliphatic rings. The van der Waals surface area contributed by atoms with Crippen molar-refractivity contribution in [3.8, 4) is 0 Å². The third-order valence-electron chi connectivity index (χ3n) is 5.04. The molecule has 1 aromatic heterocycles. The zero-order chi connectivity index (χ0) is 19.9. The van der Waals surface area contributed by atoms with Gasteiger partial charge in [-0.1, -0.05) is 6.92 Å². The lowest BCUT2D eigenvalue weighted by Crippen LogP contribution is -2.52. The van der Waals surface area contributed by atoms with Crippen LogP contribution in [0.1, 0.15) is 39.1 Å². The number of nitrogens with one attached hydrogen (secondary N) is 2. The van der Waals surface area contributed by atoms with Crippen molar-refractivity contribution in [2.45, 2.75) is 53.6 Å². The lowest BCUT2D eigenvalue weighted by Gasteiger charge is -2.39. The number of hydrogen-bond donors (Lipinski definition) is 2. The van der Waals surface area contributed by atoms with E-state index in [1.807, 2.05) is 6.92 Å². The lowest BCUT2D eigenvalue weighted by atomic mass is 10.0. The summed E-state index contributed by atoms with van der Waals surface area (Å²) in [5, 5.41) is 11.4. The molecule has 0 aromatic carbocycles. The minimum absolute atomic E-state index is 0.0292. The Kier molecular flexibility index (Phi) is 8.10. The van der Waals surface area contributed by atoms with Crippen LogP contribution in [0.15, 0.2) is 11.1 Å². The smallest absolute Gasteiger partial charge is 0.191 e. The third-order valence-corrected chi connectivity index (χ3v) is 5.04. The van der Waals surface area contributed by atoms with Gasteiger partial charge in [-0.3, -0.25) is 14.6 Å².